The van der Waals surface area contributed by atoms with Crippen LogP contribution in [0.15, 0.2) is 64.2 Å². The highest BCUT2D eigenvalue weighted by atomic mass is 35.5. The van der Waals surface area contributed by atoms with Gasteiger partial charge >= 0.3 is 5.69 Å². The Morgan fingerprint density at radius 1 is 0.964 bits per heavy atom. The van der Waals surface area contributed by atoms with Crippen LogP contribution in [0.5, 0.6) is 11.5 Å². The fourth-order valence-corrected chi connectivity index (χ4v) is 3.31. The summed E-state index contributed by atoms with van der Waals surface area (Å²) in [5, 5.41) is 0.128. The van der Waals surface area contributed by atoms with E-state index in [0.29, 0.717) is 11.5 Å². The van der Waals surface area contributed by atoms with Gasteiger partial charge in [0.15, 0.2) is 11.2 Å². The number of para-hydroxylation sites is 2. The molecule has 2 aromatic carbocycles. The van der Waals surface area contributed by atoms with Crippen LogP contribution in [-0.2, 0) is 20.6 Å². The third-order valence-corrected chi connectivity index (χ3v) is 4.86. The first-order valence-electron chi connectivity index (χ1n) is 8.60. The standard InChI is InChI=1S/C20H17ClN4O3/c1-23-17-16(18(26)24(2)20(23)27)25(19(21)22-17)12-13-8-6-7-11-15(13)28-14-9-4-3-5-10-14/h3-11H,12H2,1-2H3. The Balaban J connectivity index is 1.83. The summed E-state index contributed by atoms with van der Waals surface area (Å²) in [7, 11) is 2.99. The number of rotatable bonds is 4. The molecule has 0 radical (unpaired) electrons. The largest absolute Gasteiger partial charge is 0.457 e. The number of ether oxygens (including phenoxy) is 1. The van der Waals surface area contributed by atoms with Crippen LogP contribution in [0.1, 0.15) is 5.56 Å². The fraction of sp³-hybridized carbons (Fsp3) is 0.150. The number of fused-ring (bicyclic) bond motifs is 1. The molecular weight excluding hydrogens is 380 g/mol. The third-order valence-electron chi connectivity index (χ3n) is 4.57. The van der Waals surface area contributed by atoms with Crippen LogP contribution >= 0.6 is 11.6 Å². The van der Waals surface area contributed by atoms with E-state index in [9.17, 15) is 9.59 Å². The van der Waals surface area contributed by atoms with Gasteiger partial charge in [-0.15, -0.1) is 0 Å². The smallest absolute Gasteiger partial charge is 0.332 e. The average molecular weight is 397 g/mol. The first-order chi connectivity index (χ1) is 13.5. The number of nitrogens with zero attached hydrogens (tertiary/aromatic N) is 4. The number of aryl methyl sites for hydroxylation is 1. The van der Waals surface area contributed by atoms with Crippen LogP contribution < -0.4 is 16.0 Å². The van der Waals surface area contributed by atoms with Gasteiger partial charge in [-0.25, -0.2) is 4.79 Å². The Labute approximate surface area is 165 Å². The summed E-state index contributed by atoms with van der Waals surface area (Å²) in [6, 6.07) is 16.9. The number of halogens is 1. The van der Waals surface area contributed by atoms with Crippen LogP contribution in [-0.4, -0.2) is 18.7 Å². The Bertz CT molecular complexity index is 1290. The van der Waals surface area contributed by atoms with Crippen molar-refractivity contribution in [1.29, 1.82) is 0 Å². The van der Waals surface area contributed by atoms with Crippen molar-refractivity contribution in [3.8, 4) is 11.5 Å². The summed E-state index contributed by atoms with van der Waals surface area (Å²) in [6.07, 6.45) is 0. The van der Waals surface area contributed by atoms with E-state index in [1.165, 1.54) is 11.6 Å². The zero-order chi connectivity index (χ0) is 19.8. The van der Waals surface area contributed by atoms with Gasteiger partial charge in [0.1, 0.15) is 11.5 Å². The van der Waals surface area contributed by atoms with Crippen molar-refractivity contribution in [2.75, 3.05) is 0 Å². The van der Waals surface area contributed by atoms with Gasteiger partial charge in [-0.1, -0.05) is 36.4 Å². The third kappa shape index (κ3) is 2.99. The normalized spacial score (nSPS) is 11.1. The van der Waals surface area contributed by atoms with Gasteiger partial charge in [-0.2, -0.15) is 4.98 Å². The molecule has 0 bridgehead atoms. The first-order valence-corrected chi connectivity index (χ1v) is 8.97. The monoisotopic (exact) mass is 396 g/mol. The maximum atomic E-state index is 12.7. The molecule has 28 heavy (non-hydrogen) atoms. The predicted octanol–water partition coefficient (Wildman–Crippen LogP) is 2.93. The predicted molar refractivity (Wildman–Crippen MR) is 107 cm³/mol. The first kappa shape index (κ1) is 18.1. The Hall–Kier alpha value is -3.32. The minimum Gasteiger partial charge on any atom is -0.457 e. The average Bonchev–Trinajstić information content (AvgIpc) is 3.03. The van der Waals surface area contributed by atoms with Gasteiger partial charge in [0.05, 0.1) is 6.54 Å². The molecule has 0 saturated carbocycles. The van der Waals surface area contributed by atoms with Crippen LogP contribution in [0.3, 0.4) is 0 Å². The van der Waals surface area contributed by atoms with Gasteiger partial charge in [-0.05, 0) is 29.8 Å². The van der Waals surface area contributed by atoms with E-state index in [1.54, 1.807) is 11.6 Å². The lowest BCUT2D eigenvalue weighted by Crippen LogP contribution is -2.37. The maximum absolute atomic E-state index is 12.7. The summed E-state index contributed by atoms with van der Waals surface area (Å²) >= 11 is 6.33. The summed E-state index contributed by atoms with van der Waals surface area (Å²) in [5.74, 6) is 1.35. The Kier molecular flexibility index (Phi) is 4.52. The molecule has 0 atom stereocenters. The second kappa shape index (κ2) is 7.01. The molecule has 7 nitrogen and oxygen atoms in total. The number of hydrogen-bond acceptors (Lipinski definition) is 4. The van der Waals surface area contributed by atoms with Crippen molar-refractivity contribution in [3.05, 3.63) is 86.3 Å². The lowest BCUT2D eigenvalue weighted by atomic mass is 10.2. The lowest BCUT2D eigenvalue weighted by molar-refractivity contribution is 0.474. The molecule has 0 amide bonds. The fourth-order valence-electron chi connectivity index (χ4n) is 3.08. The highest BCUT2D eigenvalue weighted by molar-refractivity contribution is 6.29. The molecule has 0 unspecified atom stereocenters. The van der Waals surface area contributed by atoms with E-state index < -0.39 is 11.2 Å². The second-order valence-corrected chi connectivity index (χ2v) is 6.71. The summed E-state index contributed by atoms with van der Waals surface area (Å²) in [6.45, 7) is 0.270. The Morgan fingerprint density at radius 2 is 1.64 bits per heavy atom. The molecular formula is C20H17ClN4O3. The molecule has 142 valence electrons. The van der Waals surface area contributed by atoms with Gasteiger partial charge in [0.2, 0.25) is 5.28 Å². The summed E-state index contributed by atoms with van der Waals surface area (Å²) < 4.78 is 9.94. The quantitative estimate of drug-likeness (QED) is 0.497. The molecule has 0 saturated heterocycles. The summed E-state index contributed by atoms with van der Waals surface area (Å²) in [4.78, 5) is 29.1. The van der Waals surface area contributed by atoms with Crippen LogP contribution in [0, 0.1) is 0 Å². The van der Waals surface area contributed by atoms with Crippen LogP contribution in [0.2, 0.25) is 5.28 Å². The molecule has 0 N–H and O–H groups in total. The molecule has 4 rings (SSSR count). The van der Waals surface area contributed by atoms with Crippen molar-refractivity contribution in [2.45, 2.75) is 6.54 Å². The molecule has 2 heterocycles. The van der Waals surface area contributed by atoms with E-state index in [4.69, 9.17) is 16.3 Å². The minimum atomic E-state index is -0.452. The zero-order valence-electron chi connectivity index (χ0n) is 15.3. The van der Waals surface area contributed by atoms with Gasteiger partial charge in [0, 0.05) is 19.7 Å². The van der Waals surface area contributed by atoms with Crippen LogP contribution in [0.25, 0.3) is 11.2 Å². The van der Waals surface area contributed by atoms with Crippen molar-refractivity contribution < 1.29 is 4.74 Å². The van der Waals surface area contributed by atoms with Crippen molar-refractivity contribution >= 4 is 22.8 Å². The van der Waals surface area contributed by atoms with Gasteiger partial charge < -0.3 is 9.30 Å². The van der Waals surface area contributed by atoms with E-state index in [0.717, 1.165) is 10.1 Å². The molecule has 0 aliphatic rings. The highest BCUT2D eigenvalue weighted by Gasteiger charge is 2.19. The van der Waals surface area contributed by atoms with Gasteiger partial charge in [0.25, 0.3) is 5.56 Å². The molecule has 2 aromatic heterocycles. The van der Waals surface area contributed by atoms with E-state index in [-0.39, 0.29) is 23.0 Å². The topological polar surface area (TPSA) is 71.0 Å². The maximum Gasteiger partial charge on any atom is 0.332 e. The van der Waals surface area contributed by atoms with Gasteiger partial charge in [-0.3, -0.25) is 13.9 Å². The number of imidazole rings is 1. The molecule has 0 aliphatic heterocycles. The molecule has 8 heteroatoms. The van der Waals surface area contributed by atoms with Crippen molar-refractivity contribution in [3.63, 3.8) is 0 Å². The van der Waals surface area contributed by atoms with Crippen molar-refractivity contribution in [1.82, 2.24) is 18.7 Å². The molecule has 0 fully saturated rings. The zero-order valence-corrected chi connectivity index (χ0v) is 16.1. The molecule has 0 aliphatic carbocycles. The number of aromatic nitrogens is 4. The van der Waals surface area contributed by atoms with Crippen LogP contribution in [0.4, 0.5) is 0 Å². The number of benzene rings is 2. The SMILES string of the molecule is Cn1c(=O)c2c(nc(Cl)n2Cc2ccccc2Oc2ccccc2)n(C)c1=O. The molecule has 4 aromatic rings. The minimum absolute atomic E-state index is 0.128. The number of hydrogen-bond donors (Lipinski definition) is 0. The van der Waals surface area contributed by atoms with E-state index >= 15 is 0 Å². The van der Waals surface area contributed by atoms with E-state index in [1.807, 2.05) is 54.6 Å². The highest BCUT2D eigenvalue weighted by Crippen LogP contribution is 2.27. The van der Waals surface area contributed by atoms with E-state index in [2.05, 4.69) is 4.98 Å². The second-order valence-electron chi connectivity index (χ2n) is 6.37. The lowest BCUT2D eigenvalue weighted by Gasteiger charge is -2.13. The Morgan fingerprint density at radius 3 is 2.39 bits per heavy atom. The van der Waals surface area contributed by atoms with Crippen molar-refractivity contribution in [2.24, 2.45) is 14.1 Å². The molecule has 0 spiro atoms. The summed E-state index contributed by atoms with van der Waals surface area (Å²) in [5.41, 5.74) is 0.442.